The van der Waals surface area contributed by atoms with E-state index in [0.29, 0.717) is 24.2 Å². The molecule has 0 radical (unpaired) electrons. The Hall–Kier alpha value is -0.900. The quantitative estimate of drug-likeness (QED) is 0.301. The van der Waals surface area contributed by atoms with Crippen LogP contribution in [0.25, 0.3) is 0 Å². The van der Waals surface area contributed by atoms with E-state index in [9.17, 15) is 10.2 Å². The van der Waals surface area contributed by atoms with Crippen LogP contribution in [-0.4, -0.2) is 34.1 Å². The molecule has 0 amide bonds. The Balaban J connectivity index is 1.68. The van der Waals surface area contributed by atoms with Gasteiger partial charge in [-0.05, 0) is 91.6 Å². The van der Waals surface area contributed by atoms with Gasteiger partial charge in [0.2, 0.25) is 0 Å². The number of allylic oxidation sites excluding steroid dienone is 3. The lowest BCUT2D eigenvalue weighted by atomic mass is 9.60. The van der Waals surface area contributed by atoms with Crippen molar-refractivity contribution >= 4 is 0 Å². The van der Waals surface area contributed by atoms with E-state index in [1.54, 1.807) is 5.57 Å². The summed E-state index contributed by atoms with van der Waals surface area (Å²) in [6, 6.07) is 0. The Morgan fingerprint density at radius 2 is 1.82 bits per heavy atom. The minimum atomic E-state index is -0.689. The summed E-state index contributed by atoms with van der Waals surface area (Å²) in [5, 5.41) is 30.6. The number of hydrogen-bond donors (Lipinski definition) is 3. The Bertz CT molecular complexity index is 735. The van der Waals surface area contributed by atoms with Crippen LogP contribution >= 0.6 is 0 Å². The van der Waals surface area contributed by atoms with Gasteiger partial charge in [-0.25, -0.2) is 0 Å². The summed E-state index contributed by atoms with van der Waals surface area (Å²) in [6.45, 7) is 14.1. The monoisotopic (exact) mass is 472 g/mol. The van der Waals surface area contributed by atoms with Gasteiger partial charge >= 0.3 is 0 Å². The fourth-order valence-electron chi connectivity index (χ4n) is 7.65. The van der Waals surface area contributed by atoms with E-state index in [-0.39, 0.29) is 12.5 Å². The van der Waals surface area contributed by atoms with Crippen molar-refractivity contribution < 1.29 is 15.3 Å². The summed E-state index contributed by atoms with van der Waals surface area (Å²) in [6.07, 6.45) is 16.7. The standard InChI is InChI=1S/C31H52O3/c1-21(2)10-8-11-22(3)27-16-17-28-24(12-9-18-31(27,28)5)14-15-25-20-29(33)26(13-6-7-19-32)30(34)23(25)4/h14-15,21-22,26-30,32-34H,4,6-13,16-20H2,1-3,5H3/b24-14+,25-15-/t22-,26-,27-,28+,29?,30-,31-/m1/s1. The first-order chi connectivity index (χ1) is 16.2. The van der Waals surface area contributed by atoms with E-state index in [1.165, 1.54) is 51.4 Å². The lowest BCUT2D eigenvalue weighted by molar-refractivity contribution is 0.0124. The fourth-order valence-corrected chi connectivity index (χ4v) is 7.65. The molecule has 3 aliphatic rings. The van der Waals surface area contributed by atoms with Crippen molar-refractivity contribution in [3.05, 3.63) is 35.5 Å². The molecule has 7 atom stereocenters. The smallest absolute Gasteiger partial charge is 0.0839 e. The van der Waals surface area contributed by atoms with Gasteiger partial charge in [0.1, 0.15) is 0 Å². The van der Waals surface area contributed by atoms with E-state index in [4.69, 9.17) is 5.11 Å². The molecule has 0 aromatic heterocycles. The van der Waals surface area contributed by atoms with E-state index in [0.717, 1.165) is 41.7 Å². The molecule has 0 heterocycles. The molecular weight excluding hydrogens is 420 g/mol. The van der Waals surface area contributed by atoms with Crippen LogP contribution in [0.4, 0.5) is 0 Å². The van der Waals surface area contributed by atoms with Gasteiger partial charge in [0.05, 0.1) is 12.2 Å². The van der Waals surface area contributed by atoms with Crippen LogP contribution in [-0.2, 0) is 0 Å². The molecule has 3 heteroatoms. The van der Waals surface area contributed by atoms with Crippen molar-refractivity contribution in [3.63, 3.8) is 0 Å². The van der Waals surface area contributed by atoms with Gasteiger partial charge in [0.25, 0.3) is 0 Å². The van der Waals surface area contributed by atoms with Crippen LogP contribution in [0.5, 0.6) is 0 Å². The van der Waals surface area contributed by atoms with Gasteiger partial charge < -0.3 is 15.3 Å². The third-order valence-electron chi connectivity index (χ3n) is 9.71. The molecule has 3 saturated carbocycles. The SMILES string of the molecule is C=C1/C(=C\C=C2/CCC[C@]3(C)[C@@H]([C@H](C)CCCC(C)C)CC[C@@H]23)CC(O)[C@@H](CCCCO)[C@@H]1O. The van der Waals surface area contributed by atoms with Crippen LogP contribution in [0.15, 0.2) is 35.5 Å². The predicted octanol–water partition coefficient (Wildman–Crippen LogP) is 6.98. The molecule has 0 saturated heterocycles. The first-order valence-electron chi connectivity index (χ1n) is 14.2. The highest BCUT2D eigenvalue weighted by molar-refractivity contribution is 5.39. The van der Waals surface area contributed by atoms with Crippen LogP contribution in [0.3, 0.4) is 0 Å². The number of fused-ring (bicyclic) bond motifs is 1. The highest BCUT2D eigenvalue weighted by atomic mass is 16.3. The minimum absolute atomic E-state index is 0.163. The van der Waals surface area contributed by atoms with Gasteiger partial charge in [-0.3, -0.25) is 0 Å². The Kier molecular flexibility index (Phi) is 10.1. The molecule has 0 aromatic rings. The van der Waals surface area contributed by atoms with E-state index < -0.39 is 12.2 Å². The lowest BCUT2D eigenvalue weighted by Gasteiger charge is -2.44. The van der Waals surface area contributed by atoms with Crippen molar-refractivity contribution in [1.82, 2.24) is 0 Å². The second-order valence-corrected chi connectivity index (χ2v) is 12.5. The molecule has 1 unspecified atom stereocenters. The van der Waals surface area contributed by atoms with Crippen molar-refractivity contribution in [1.29, 1.82) is 0 Å². The van der Waals surface area contributed by atoms with Gasteiger partial charge in [-0.15, -0.1) is 0 Å². The molecule has 0 aromatic carbocycles. The summed E-state index contributed by atoms with van der Waals surface area (Å²) in [5.74, 6) is 2.94. The zero-order valence-electron chi connectivity index (χ0n) is 22.4. The first kappa shape index (κ1) is 27.7. The number of rotatable bonds is 10. The van der Waals surface area contributed by atoms with Crippen molar-refractivity contribution in [2.24, 2.45) is 35.0 Å². The number of aliphatic hydroxyl groups is 3. The Morgan fingerprint density at radius 1 is 1.06 bits per heavy atom. The Labute approximate surface area is 209 Å². The Morgan fingerprint density at radius 3 is 2.53 bits per heavy atom. The molecule has 0 spiro atoms. The van der Waals surface area contributed by atoms with Crippen LogP contribution < -0.4 is 0 Å². The molecule has 3 aliphatic carbocycles. The normalized spacial score (nSPS) is 37.5. The largest absolute Gasteiger partial charge is 0.396 e. The molecule has 3 fully saturated rings. The third kappa shape index (κ3) is 6.26. The van der Waals surface area contributed by atoms with Crippen LogP contribution in [0.2, 0.25) is 0 Å². The second-order valence-electron chi connectivity index (χ2n) is 12.5. The van der Waals surface area contributed by atoms with Gasteiger partial charge in [-0.2, -0.15) is 0 Å². The van der Waals surface area contributed by atoms with Crippen molar-refractivity contribution in [2.45, 2.75) is 117 Å². The summed E-state index contributed by atoms with van der Waals surface area (Å²) in [5.41, 5.74) is 3.79. The molecule has 34 heavy (non-hydrogen) atoms. The average molecular weight is 473 g/mol. The van der Waals surface area contributed by atoms with Gasteiger partial charge in [0, 0.05) is 12.5 Å². The molecule has 3 rings (SSSR count). The maximum Gasteiger partial charge on any atom is 0.0839 e. The third-order valence-corrected chi connectivity index (χ3v) is 9.71. The van der Waals surface area contributed by atoms with Gasteiger partial charge in [-0.1, -0.05) is 77.7 Å². The summed E-state index contributed by atoms with van der Waals surface area (Å²) in [4.78, 5) is 0. The van der Waals surface area contributed by atoms with E-state index in [1.807, 2.05) is 0 Å². The zero-order valence-corrected chi connectivity index (χ0v) is 22.4. The highest BCUT2D eigenvalue weighted by Gasteiger charge is 2.50. The fraction of sp³-hybridized carbons (Fsp3) is 0.806. The van der Waals surface area contributed by atoms with Crippen molar-refractivity contribution in [3.8, 4) is 0 Å². The summed E-state index contributed by atoms with van der Waals surface area (Å²) < 4.78 is 0. The highest BCUT2D eigenvalue weighted by Crippen LogP contribution is 2.60. The number of hydrogen-bond acceptors (Lipinski definition) is 3. The summed E-state index contributed by atoms with van der Waals surface area (Å²) in [7, 11) is 0. The minimum Gasteiger partial charge on any atom is -0.396 e. The molecule has 3 nitrogen and oxygen atoms in total. The number of aliphatic hydroxyl groups excluding tert-OH is 3. The second kappa shape index (κ2) is 12.4. The van der Waals surface area contributed by atoms with Gasteiger partial charge in [0.15, 0.2) is 0 Å². The molecule has 194 valence electrons. The predicted molar refractivity (Wildman–Crippen MR) is 142 cm³/mol. The van der Waals surface area contributed by atoms with Crippen molar-refractivity contribution in [2.75, 3.05) is 6.61 Å². The maximum atomic E-state index is 10.8. The zero-order chi connectivity index (χ0) is 24.9. The summed E-state index contributed by atoms with van der Waals surface area (Å²) >= 11 is 0. The first-order valence-corrected chi connectivity index (χ1v) is 14.2. The maximum absolute atomic E-state index is 10.8. The molecule has 3 N–H and O–H groups in total. The van der Waals surface area contributed by atoms with E-state index >= 15 is 0 Å². The molecular formula is C31H52O3. The van der Waals surface area contributed by atoms with Crippen LogP contribution in [0, 0.1) is 35.0 Å². The lowest BCUT2D eigenvalue weighted by Crippen LogP contribution is -2.38. The average Bonchev–Trinajstić information content (AvgIpc) is 3.15. The van der Waals surface area contributed by atoms with Crippen LogP contribution in [0.1, 0.15) is 105 Å². The van der Waals surface area contributed by atoms with E-state index in [2.05, 4.69) is 46.4 Å². The topological polar surface area (TPSA) is 60.7 Å². The molecule has 0 bridgehead atoms. The molecule has 0 aliphatic heterocycles. The number of unbranched alkanes of at least 4 members (excludes halogenated alkanes) is 1.